The fourth-order valence-corrected chi connectivity index (χ4v) is 3.08. The van der Waals surface area contributed by atoms with Gasteiger partial charge in [0.15, 0.2) is 0 Å². The number of aromatic nitrogens is 2. The van der Waals surface area contributed by atoms with Crippen LogP contribution >= 0.6 is 11.3 Å². The summed E-state index contributed by atoms with van der Waals surface area (Å²) in [5, 5.41) is 3.18. The molecule has 0 atom stereocenters. The zero-order valence-corrected chi connectivity index (χ0v) is 12.5. The van der Waals surface area contributed by atoms with E-state index in [0.717, 1.165) is 16.6 Å². The Balaban J connectivity index is 2.25. The SMILES string of the molecule is CC(C)(C)c1cc(=O)[nH]c(-c2csc3ccccc23)n1. The molecule has 0 aliphatic heterocycles. The predicted molar refractivity (Wildman–Crippen MR) is 84.4 cm³/mol. The molecule has 102 valence electrons. The maximum Gasteiger partial charge on any atom is 0.251 e. The zero-order valence-electron chi connectivity index (χ0n) is 11.7. The normalized spacial score (nSPS) is 11.9. The van der Waals surface area contributed by atoms with Crippen LogP contribution in [0.15, 0.2) is 40.5 Å². The van der Waals surface area contributed by atoms with Crippen molar-refractivity contribution in [2.75, 3.05) is 0 Å². The molecule has 0 fully saturated rings. The molecule has 0 amide bonds. The van der Waals surface area contributed by atoms with E-state index in [1.807, 2.05) is 12.1 Å². The first kappa shape index (κ1) is 13.1. The van der Waals surface area contributed by atoms with Crippen LogP contribution in [0.25, 0.3) is 21.5 Å². The monoisotopic (exact) mass is 284 g/mol. The quantitative estimate of drug-likeness (QED) is 0.735. The topological polar surface area (TPSA) is 45.8 Å². The molecule has 0 bridgehead atoms. The van der Waals surface area contributed by atoms with Crippen molar-refractivity contribution < 1.29 is 0 Å². The molecular formula is C16H16N2OS. The van der Waals surface area contributed by atoms with E-state index in [-0.39, 0.29) is 11.0 Å². The van der Waals surface area contributed by atoms with E-state index in [1.165, 1.54) is 4.70 Å². The minimum absolute atomic E-state index is 0.102. The minimum atomic E-state index is -0.144. The number of hydrogen-bond donors (Lipinski definition) is 1. The number of rotatable bonds is 1. The summed E-state index contributed by atoms with van der Waals surface area (Å²) < 4.78 is 1.20. The van der Waals surface area contributed by atoms with E-state index in [1.54, 1.807) is 17.4 Å². The Morgan fingerprint density at radius 3 is 2.70 bits per heavy atom. The number of H-pyrrole nitrogens is 1. The molecule has 3 aromatic rings. The second-order valence-electron chi connectivity index (χ2n) is 5.87. The van der Waals surface area contributed by atoms with Gasteiger partial charge in [0.1, 0.15) is 5.82 Å². The number of aromatic amines is 1. The number of benzene rings is 1. The molecule has 0 radical (unpaired) electrons. The van der Waals surface area contributed by atoms with Crippen molar-refractivity contribution in [3.8, 4) is 11.4 Å². The van der Waals surface area contributed by atoms with Crippen molar-refractivity contribution >= 4 is 21.4 Å². The summed E-state index contributed by atoms with van der Waals surface area (Å²) in [6, 6.07) is 9.74. The van der Waals surface area contributed by atoms with Crippen LogP contribution < -0.4 is 5.56 Å². The number of nitrogens with zero attached hydrogens (tertiary/aromatic N) is 1. The number of nitrogens with one attached hydrogen (secondary N) is 1. The van der Waals surface area contributed by atoms with Crippen LogP contribution in [0.1, 0.15) is 26.5 Å². The Morgan fingerprint density at radius 1 is 1.20 bits per heavy atom. The second-order valence-corrected chi connectivity index (χ2v) is 6.79. The standard InChI is InChI=1S/C16H16N2OS/c1-16(2,3)13-8-14(19)18-15(17-13)11-9-20-12-7-5-4-6-10(11)12/h4-9H,1-3H3,(H,17,18,19). The maximum absolute atomic E-state index is 11.9. The second kappa shape index (κ2) is 4.56. The highest BCUT2D eigenvalue weighted by atomic mass is 32.1. The lowest BCUT2D eigenvalue weighted by atomic mass is 9.92. The third-order valence-corrected chi connectivity index (χ3v) is 4.21. The Bertz CT molecular complexity index is 824. The first-order valence-electron chi connectivity index (χ1n) is 6.53. The molecule has 0 aliphatic carbocycles. The van der Waals surface area contributed by atoms with Crippen LogP contribution in [0.4, 0.5) is 0 Å². The Labute approximate surface area is 121 Å². The summed E-state index contributed by atoms with van der Waals surface area (Å²) in [7, 11) is 0. The fourth-order valence-electron chi connectivity index (χ4n) is 2.13. The molecule has 3 nitrogen and oxygen atoms in total. The average molecular weight is 284 g/mol. The summed E-state index contributed by atoms with van der Waals surface area (Å²) >= 11 is 1.67. The molecule has 2 aromatic heterocycles. The molecule has 20 heavy (non-hydrogen) atoms. The zero-order chi connectivity index (χ0) is 14.3. The van der Waals surface area contributed by atoms with Crippen molar-refractivity contribution in [1.29, 1.82) is 0 Å². The van der Waals surface area contributed by atoms with Crippen LogP contribution in [0, 0.1) is 0 Å². The van der Waals surface area contributed by atoms with Crippen LogP contribution in [-0.4, -0.2) is 9.97 Å². The highest BCUT2D eigenvalue weighted by Crippen LogP contribution is 2.32. The number of hydrogen-bond acceptors (Lipinski definition) is 3. The minimum Gasteiger partial charge on any atom is -0.306 e. The van der Waals surface area contributed by atoms with Crippen molar-refractivity contribution in [3.63, 3.8) is 0 Å². The van der Waals surface area contributed by atoms with Gasteiger partial charge in [-0.2, -0.15) is 0 Å². The molecule has 0 saturated carbocycles. The number of fused-ring (bicyclic) bond motifs is 1. The molecule has 4 heteroatoms. The van der Waals surface area contributed by atoms with Gasteiger partial charge in [0.25, 0.3) is 5.56 Å². The van der Waals surface area contributed by atoms with Gasteiger partial charge in [0, 0.05) is 32.5 Å². The van der Waals surface area contributed by atoms with Crippen LogP contribution in [-0.2, 0) is 5.41 Å². The Kier molecular flexibility index (Phi) is 2.98. The van der Waals surface area contributed by atoms with Crippen LogP contribution in [0.2, 0.25) is 0 Å². The lowest BCUT2D eigenvalue weighted by Crippen LogP contribution is -2.19. The third kappa shape index (κ3) is 2.27. The Hall–Kier alpha value is -1.94. The van der Waals surface area contributed by atoms with Crippen molar-refractivity contribution in [1.82, 2.24) is 9.97 Å². The highest BCUT2D eigenvalue weighted by Gasteiger charge is 2.18. The number of thiophene rings is 1. The molecule has 0 spiro atoms. The first-order valence-corrected chi connectivity index (χ1v) is 7.41. The third-order valence-electron chi connectivity index (χ3n) is 3.25. The summed E-state index contributed by atoms with van der Waals surface area (Å²) in [6.07, 6.45) is 0. The first-order chi connectivity index (χ1) is 9.45. The molecule has 0 unspecified atom stereocenters. The molecule has 0 saturated heterocycles. The van der Waals surface area contributed by atoms with Gasteiger partial charge in [-0.1, -0.05) is 39.0 Å². The van der Waals surface area contributed by atoms with E-state index in [0.29, 0.717) is 5.82 Å². The van der Waals surface area contributed by atoms with Gasteiger partial charge in [-0.25, -0.2) is 4.98 Å². The summed E-state index contributed by atoms with van der Waals surface area (Å²) in [5.74, 6) is 0.653. The van der Waals surface area contributed by atoms with E-state index in [4.69, 9.17) is 0 Å². The van der Waals surface area contributed by atoms with Crippen molar-refractivity contribution in [2.24, 2.45) is 0 Å². The van der Waals surface area contributed by atoms with Gasteiger partial charge in [0.05, 0.1) is 5.69 Å². The molecular weight excluding hydrogens is 268 g/mol. The average Bonchev–Trinajstić information content (AvgIpc) is 2.80. The lowest BCUT2D eigenvalue weighted by Gasteiger charge is -2.17. The molecule has 1 aromatic carbocycles. The van der Waals surface area contributed by atoms with E-state index < -0.39 is 0 Å². The maximum atomic E-state index is 11.9. The largest absolute Gasteiger partial charge is 0.306 e. The van der Waals surface area contributed by atoms with Crippen molar-refractivity contribution in [2.45, 2.75) is 26.2 Å². The lowest BCUT2D eigenvalue weighted by molar-refractivity contribution is 0.566. The van der Waals surface area contributed by atoms with Gasteiger partial charge in [-0.05, 0) is 6.07 Å². The molecule has 2 heterocycles. The smallest absolute Gasteiger partial charge is 0.251 e. The Morgan fingerprint density at radius 2 is 1.95 bits per heavy atom. The van der Waals surface area contributed by atoms with E-state index in [9.17, 15) is 4.79 Å². The summed E-state index contributed by atoms with van der Waals surface area (Å²) in [4.78, 5) is 19.4. The highest BCUT2D eigenvalue weighted by molar-refractivity contribution is 7.17. The molecule has 0 aliphatic rings. The molecule has 3 rings (SSSR count). The van der Waals surface area contributed by atoms with E-state index in [2.05, 4.69) is 48.3 Å². The van der Waals surface area contributed by atoms with E-state index >= 15 is 0 Å². The van der Waals surface area contributed by atoms with Gasteiger partial charge in [-0.15, -0.1) is 11.3 Å². The molecule has 1 N–H and O–H groups in total. The summed E-state index contributed by atoms with van der Waals surface area (Å²) in [5.41, 5.74) is 1.56. The van der Waals surface area contributed by atoms with Gasteiger partial charge >= 0.3 is 0 Å². The van der Waals surface area contributed by atoms with Crippen LogP contribution in [0.3, 0.4) is 0 Å². The predicted octanol–water partition coefficient (Wildman–Crippen LogP) is 3.95. The van der Waals surface area contributed by atoms with Gasteiger partial charge in [0.2, 0.25) is 0 Å². The summed E-state index contributed by atoms with van der Waals surface area (Å²) in [6.45, 7) is 6.18. The van der Waals surface area contributed by atoms with Crippen molar-refractivity contribution in [3.05, 3.63) is 51.8 Å². The van der Waals surface area contributed by atoms with Gasteiger partial charge in [-0.3, -0.25) is 4.79 Å². The van der Waals surface area contributed by atoms with Crippen LogP contribution in [0.5, 0.6) is 0 Å². The van der Waals surface area contributed by atoms with Gasteiger partial charge < -0.3 is 4.98 Å². The fraction of sp³-hybridized carbons (Fsp3) is 0.250.